The summed E-state index contributed by atoms with van der Waals surface area (Å²) in [6.45, 7) is 0.427. The van der Waals surface area contributed by atoms with Crippen molar-refractivity contribution in [2.75, 3.05) is 23.9 Å². The number of carbonyl (C=O) groups excluding carboxylic acids is 3. The number of benzene rings is 2. The van der Waals surface area contributed by atoms with E-state index in [9.17, 15) is 14.4 Å². The van der Waals surface area contributed by atoms with Gasteiger partial charge in [0.05, 0.1) is 19.4 Å². The molecule has 0 aliphatic carbocycles. The Balaban J connectivity index is 1.97. The van der Waals surface area contributed by atoms with Crippen LogP contribution in [0.1, 0.15) is 5.56 Å². The van der Waals surface area contributed by atoms with E-state index in [0.717, 1.165) is 4.90 Å². The second-order valence-corrected chi connectivity index (χ2v) is 6.52. The Morgan fingerprint density at radius 1 is 1.07 bits per heavy atom. The molecule has 0 unspecified atom stereocenters. The summed E-state index contributed by atoms with van der Waals surface area (Å²) in [4.78, 5) is 38.4. The molecule has 0 bridgehead atoms. The van der Waals surface area contributed by atoms with Crippen molar-refractivity contribution in [2.45, 2.75) is 0 Å². The van der Waals surface area contributed by atoms with Crippen molar-refractivity contribution in [1.82, 2.24) is 5.32 Å². The molecule has 0 radical (unpaired) electrons. The zero-order chi connectivity index (χ0) is 20.1. The third-order valence-electron chi connectivity index (χ3n) is 3.99. The van der Waals surface area contributed by atoms with Crippen molar-refractivity contribution in [2.24, 2.45) is 0 Å². The highest BCUT2D eigenvalue weighted by atomic mass is 79.9. The maximum atomic E-state index is 12.9. The number of ether oxygens (including phenoxy) is 2. The number of alkyl halides is 1. The molecule has 0 saturated carbocycles. The number of nitrogens with zero attached hydrogens (tertiary/aromatic N) is 1. The number of carbonyl (C=O) groups is 3. The van der Waals surface area contributed by atoms with Crippen molar-refractivity contribution in [3.8, 4) is 11.5 Å². The fourth-order valence-electron chi connectivity index (χ4n) is 2.66. The van der Waals surface area contributed by atoms with Gasteiger partial charge in [-0.05, 0) is 36.4 Å². The molecule has 0 aromatic heterocycles. The first-order chi connectivity index (χ1) is 13.5. The van der Waals surface area contributed by atoms with Crippen LogP contribution in [0.25, 0.3) is 6.08 Å². The fraction of sp³-hybridized carbons (Fsp3) is 0.150. The van der Waals surface area contributed by atoms with Crippen LogP contribution in [0.15, 0.2) is 54.1 Å². The average Bonchev–Trinajstić information content (AvgIpc) is 2.70. The quantitative estimate of drug-likeness (QED) is 0.420. The van der Waals surface area contributed by atoms with E-state index in [1.165, 1.54) is 13.2 Å². The molecule has 1 fully saturated rings. The monoisotopic (exact) mass is 444 g/mol. The molecule has 7 nitrogen and oxygen atoms in total. The Morgan fingerprint density at radius 2 is 1.79 bits per heavy atom. The molecule has 28 heavy (non-hydrogen) atoms. The SMILES string of the molecule is COc1ccc(N2C(=O)NC(=O)C(=Cc3ccccc3OCCBr)C2=O)cc1. The van der Waals surface area contributed by atoms with E-state index in [2.05, 4.69) is 21.2 Å². The summed E-state index contributed by atoms with van der Waals surface area (Å²) in [5.74, 6) is -0.356. The van der Waals surface area contributed by atoms with Gasteiger partial charge in [-0.15, -0.1) is 0 Å². The lowest BCUT2D eigenvalue weighted by Crippen LogP contribution is -2.54. The summed E-state index contributed by atoms with van der Waals surface area (Å²) in [6.07, 6.45) is 1.42. The summed E-state index contributed by atoms with van der Waals surface area (Å²) < 4.78 is 10.7. The Morgan fingerprint density at radius 3 is 2.46 bits per heavy atom. The number of urea groups is 1. The Hall–Kier alpha value is -3.13. The first kappa shape index (κ1) is 19.6. The molecule has 1 aliphatic heterocycles. The number of anilines is 1. The number of barbiturate groups is 1. The molecule has 4 amide bonds. The smallest absolute Gasteiger partial charge is 0.335 e. The molecule has 2 aromatic carbocycles. The predicted octanol–water partition coefficient (Wildman–Crippen LogP) is 3.14. The zero-order valence-corrected chi connectivity index (χ0v) is 16.6. The number of amides is 4. The van der Waals surface area contributed by atoms with Crippen LogP contribution in [0, 0.1) is 0 Å². The molecular formula is C20H17BrN2O5. The average molecular weight is 445 g/mol. The third kappa shape index (κ3) is 4.07. The highest BCUT2D eigenvalue weighted by Gasteiger charge is 2.36. The van der Waals surface area contributed by atoms with Gasteiger partial charge in [0.2, 0.25) is 0 Å². The molecule has 1 aliphatic rings. The lowest BCUT2D eigenvalue weighted by molar-refractivity contribution is -0.122. The van der Waals surface area contributed by atoms with Crippen molar-refractivity contribution in [1.29, 1.82) is 0 Å². The van der Waals surface area contributed by atoms with Gasteiger partial charge in [-0.1, -0.05) is 34.1 Å². The van der Waals surface area contributed by atoms with E-state index in [1.54, 1.807) is 48.5 Å². The second-order valence-electron chi connectivity index (χ2n) is 5.73. The van der Waals surface area contributed by atoms with Crippen molar-refractivity contribution in [3.63, 3.8) is 0 Å². The van der Waals surface area contributed by atoms with Crippen molar-refractivity contribution in [3.05, 3.63) is 59.7 Å². The molecule has 144 valence electrons. The highest BCUT2D eigenvalue weighted by molar-refractivity contribution is 9.09. The maximum absolute atomic E-state index is 12.9. The standard InChI is InChI=1S/C20H17BrN2O5/c1-27-15-8-6-14(7-9-15)23-19(25)16(18(24)22-20(23)26)12-13-4-2-3-5-17(13)28-11-10-21/h2-9,12H,10-11H2,1H3,(H,22,24,26). The predicted molar refractivity (Wildman–Crippen MR) is 108 cm³/mol. The second kappa shape index (κ2) is 8.71. The lowest BCUT2D eigenvalue weighted by Gasteiger charge is -2.26. The molecule has 1 heterocycles. The first-order valence-corrected chi connectivity index (χ1v) is 9.50. The zero-order valence-electron chi connectivity index (χ0n) is 15.0. The van der Waals surface area contributed by atoms with Crippen LogP contribution in [0.3, 0.4) is 0 Å². The normalized spacial score (nSPS) is 15.6. The van der Waals surface area contributed by atoms with Gasteiger partial charge in [-0.3, -0.25) is 14.9 Å². The number of imide groups is 2. The number of methoxy groups -OCH3 is 1. The van der Waals surface area contributed by atoms with Crippen LogP contribution in [-0.4, -0.2) is 36.9 Å². The summed E-state index contributed by atoms with van der Waals surface area (Å²) in [7, 11) is 1.52. The lowest BCUT2D eigenvalue weighted by atomic mass is 10.1. The molecule has 3 rings (SSSR count). The minimum Gasteiger partial charge on any atom is -0.497 e. The number of rotatable bonds is 6. The van der Waals surface area contributed by atoms with E-state index in [1.807, 2.05) is 0 Å². The number of hydrogen-bond donors (Lipinski definition) is 1. The van der Waals surface area contributed by atoms with Gasteiger partial charge in [0.15, 0.2) is 0 Å². The minimum absolute atomic E-state index is 0.162. The van der Waals surface area contributed by atoms with Crippen LogP contribution >= 0.6 is 15.9 Å². The van der Waals surface area contributed by atoms with E-state index in [0.29, 0.717) is 34.7 Å². The van der Waals surface area contributed by atoms with E-state index >= 15 is 0 Å². The van der Waals surface area contributed by atoms with Gasteiger partial charge in [0.25, 0.3) is 11.8 Å². The van der Waals surface area contributed by atoms with Crippen LogP contribution in [0.4, 0.5) is 10.5 Å². The minimum atomic E-state index is -0.804. The van der Waals surface area contributed by atoms with Gasteiger partial charge in [-0.25, -0.2) is 9.69 Å². The Labute approximate surface area is 170 Å². The fourth-order valence-corrected chi connectivity index (χ4v) is 2.82. The van der Waals surface area contributed by atoms with E-state index < -0.39 is 17.8 Å². The topological polar surface area (TPSA) is 84.9 Å². The molecule has 1 N–H and O–H groups in total. The Kier molecular flexibility index (Phi) is 6.10. The molecule has 0 atom stereocenters. The third-order valence-corrected chi connectivity index (χ3v) is 4.31. The van der Waals surface area contributed by atoms with E-state index in [4.69, 9.17) is 9.47 Å². The molecule has 2 aromatic rings. The number of halogens is 1. The van der Waals surface area contributed by atoms with Gasteiger partial charge in [0, 0.05) is 10.9 Å². The van der Waals surface area contributed by atoms with Crippen molar-refractivity contribution >= 4 is 45.5 Å². The van der Waals surface area contributed by atoms with Crippen LogP contribution < -0.4 is 19.7 Å². The largest absolute Gasteiger partial charge is 0.497 e. The number of nitrogens with one attached hydrogen (secondary N) is 1. The highest BCUT2D eigenvalue weighted by Crippen LogP contribution is 2.26. The summed E-state index contributed by atoms with van der Waals surface area (Å²) in [6, 6.07) is 12.6. The van der Waals surface area contributed by atoms with E-state index in [-0.39, 0.29) is 5.57 Å². The van der Waals surface area contributed by atoms with Crippen LogP contribution in [-0.2, 0) is 9.59 Å². The van der Waals surface area contributed by atoms with Gasteiger partial charge in [0.1, 0.15) is 17.1 Å². The molecule has 0 spiro atoms. The van der Waals surface area contributed by atoms with Gasteiger partial charge < -0.3 is 9.47 Å². The Bertz CT molecular complexity index is 940. The van der Waals surface area contributed by atoms with Crippen LogP contribution in [0.2, 0.25) is 0 Å². The maximum Gasteiger partial charge on any atom is 0.335 e. The van der Waals surface area contributed by atoms with Gasteiger partial charge >= 0.3 is 6.03 Å². The van der Waals surface area contributed by atoms with Gasteiger partial charge in [-0.2, -0.15) is 0 Å². The molecule has 1 saturated heterocycles. The summed E-state index contributed by atoms with van der Waals surface area (Å²) >= 11 is 3.29. The van der Waals surface area contributed by atoms with Crippen LogP contribution in [0.5, 0.6) is 11.5 Å². The number of para-hydroxylation sites is 1. The summed E-state index contributed by atoms with van der Waals surface area (Å²) in [5, 5.41) is 2.84. The number of hydrogen-bond acceptors (Lipinski definition) is 5. The molecular weight excluding hydrogens is 428 g/mol. The molecule has 8 heteroatoms. The first-order valence-electron chi connectivity index (χ1n) is 8.38. The van der Waals surface area contributed by atoms with Crippen molar-refractivity contribution < 1.29 is 23.9 Å². The summed E-state index contributed by atoms with van der Waals surface area (Å²) in [5.41, 5.74) is 0.724.